The standard InChI is InChI=1S/C29H39N5O2/c1-22(2)32-16-14-31(15-17-32)13-10-30-27-8-11-33(12-9-27)28-5-3-4-23(20-28)25-18-24-6-7-29(34(35)36)21-26(24)19-25/h3-7,19-22,27,30H,8-18H2,1-2H3. The smallest absolute Gasteiger partial charge is 0.270 e. The summed E-state index contributed by atoms with van der Waals surface area (Å²) in [6.07, 6.45) is 5.28. The molecule has 2 saturated heterocycles. The van der Waals surface area contributed by atoms with Gasteiger partial charge in [-0.05, 0) is 67.5 Å². The molecule has 1 aliphatic carbocycles. The summed E-state index contributed by atoms with van der Waals surface area (Å²) in [6, 6.07) is 15.2. The first-order chi connectivity index (χ1) is 17.5. The van der Waals surface area contributed by atoms with Gasteiger partial charge in [-0.2, -0.15) is 0 Å². The molecule has 0 saturated carbocycles. The van der Waals surface area contributed by atoms with E-state index in [0.717, 1.165) is 43.7 Å². The number of nitro benzene ring substituents is 1. The third kappa shape index (κ3) is 5.80. The molecule has 0 spiro atoms. The third-order valence-electron chi connectivity index (χ3n) is 8.13. The first-order valence-electron chi connectivity index (χ1n) is 13.5. The van der Waals surface area contributed by atoms with Crippen molar-refractivity contribution in [2.75, 3.05) is 57.3 Å². The molecule has 2 aliphatic heterocycles. The Kier molecular flexibility index (Phi) is 7.70. The summed E-state index contributed by atoms with van der Waals surface area (Å²) in [6.45, 7) is 13.7. The summed E-state index contributed by atoms with van der Waals surface area (Å²) in [4.78, 5) is 18.5. The molecular formula is C29H39N5O2. The predicted molar refractivity (Wildman–Crippen MR) is 148 cm³/mol. The van der Waals surface area contributed by atoms with Gasteiger partial charge in [0.05, 0.1) is 4.92 Å². The maximum absolute atomic E-state index is 11.1. The Hall–Kier alpha value is -2.74. The zero-order chi connectivity index (χ0) is 25.1. The average Bonchev–Trinajstić information content (AvgIpc) is 3.33. The number of nitrogens with zero attached hydrogens (tertiary/aromatic N) is 4. The molecule has 0 aromatic heterocycles. The molecule has 36 heavy (non-hydrogen) atoms. The van der Waals surface area contributed by atoms with Crippen molar-refractivity contribution in [3.63, 3.8) is 0 Å². The quantitative estimate of drug-likeness (QED) is 0.441. The van der Waals surface area contributed by atoms with Crippen molar-refractivity contribution in [3.05, 3.63) is 69.3 Å². The van der Waals surface area contributed by atoms with Crippen LogP contribution in [0.3, 0.4) is 0 Å². The van der Waals surface area contributed by atoms with Gasteiger partial charge in [0.2, 0.25) is 0 Å². The topological polar surface area (TPSA) is 64.9 Å². The number of piperazine rings is 1. The van der Waals surface area contributed by atoms with Crippen LogP contribution in [-0.4, -0.2) is 79.2 Å². The second kappa shape index (κ2) is 11.1. The monoisotopic (exact) mass is 489 g/mol. The highest BCUT2D eigenvalue weighted by molar-refractivity contribution is 5.89. The lowest BCUT2D eigenvalue weighted by Gasteiger charge is -2.37. The van der Waals surface area contributed by atoms with Crippen molar-refractivity contribution in [3.8, 4) is 0 Å². The van der Waals surface area contributed by atoms with Crippen LogP contribution < -0.4 is 10.2 Å². The zero-order valence-corrected chi connectivity index (χ0v) is 21.7. The van der Waals surface area contributed by atoms with Gasteiger partial charge in [-0.15, -0.1) is 0 Å². The minimum Gasteiger partial charge on any atom is -0.371 e. The lowest BCUT2D eigenvalue weighted by Crippen LogP contribution is -2.51. The number of hydrogen-bond donors (Lipinski definition) is 1. The van der Waals surface area contributed by atoms with Crippen molar-refractivity contribution in [1.82, 2.24) is 15.1 Å². The number of anilines is 1. The SMILES string of the molecule is CC(C)N1CCN(CCNC2CCN(c3cccc(C4=Cc5cc([N+](=O)[O-])ccc5C4)c3)CC2)CC1. The molecule has 7 nitrogen and oxygen atoms in total. The minimum absolute atomic E-state index is 0.158. The van der Waals surface area contributed by atoms with E-state index in [0.29, 0.717) is 12.1 Å². The number of fused-ring (bicyclic) bond motifs is 1. The minimum atomic E-state index is -0.320. The molecule has 3 aliphatic rings. The summed E-state index contributed by atoms with van der Waals surface area (Å²) >= 11 is 0. The van der Waals surface area contributed by atoms with E-state index in [4.69, 9.17) is 0 Å². The number of allylic oxidation sites excluding steroid dienone is 1. The summed E-state index contributed by atoms with van der Waals surface area (Å²) in [5.74, 6) is 0. The van der Waals surface area contributed by atoms with E-state index in [-0.39, 0.29) is 10.6 Å². The molecule has 0 bridgehead atoms. The van der Waals surface area contributed by atoms with Crippen molar-refractivity contribution in [1.29, 1.82) is 0 Å². The van der Waals surface area contributed by atoms with Gasteiger partial charge in [0.1, 0.15) is 0 Å². The highest BCUT2D eigenvalue weighted by Gasteiger charge is 2.22. The van der Waals surface area contributed by atoms with Gasteiger partial charge < -0.3 is 10.2 Å². The van der Waals surface area contributed by atoms with Gasteiger partial charge in [0.15, 0.2) is 0 Å². The van der Waals surface area contributed by atoms with E-state index in [1.54, 1.807) is 12.1 Å². The Morgan fingerprint density at radius 2 is 1.81 bits per heavy atom. The second-order valence-corrected chi connectivity index (χ2v) is 10.7. The molecule has 0 amide bonds. The largest absolute Gasteiger partial charge is 0.371 e. The Morgan fingerprint density at radius 1 is 1.03 bits per heavy atom. The van der Waals surface area contributed by atoms with Crippen LogP contribution in [0.15, 0.2) is 42.5 Å². The lowest BCUT2D eigenvalue weighted by molar-refractivity contribution is -0.384. The number of nitro groups is 1. The Labute approximate surface area is 214 Å². The summed E-state index contributed by atoms with van der Waals surface area (Å²) in [7, 11) is 0. The van der Waals surface area contributed by atoms with Gasteiger partial charge in [-0.1, -0.05) is 24.3 Å². The molecule has 2 aromatic rings. The first-order valence-corrected chi connectivity index (χ1v) is 13.5. The lowest BCUT2D eigenvalue weighted by atomic mass is 10.0. The zero-order valence-electron chi connectivity index (χ0n) is 21.7. The summed E-state index contributed by atoms with van der Waals surface area (Å²) < 4.78 is 0. The van der Waals surface area contributed by atoms with Crippen molar-refractivity contribution in [2.45, 2.75) is 45.2 Å². The van der Waals surface area contributed by atoms with Crippen LogP contribution in [0.2, 0.25) is 0 Å². The van der Waals surface area contributed by atoms with Crippen molar-refractivity contribution in [2.24, 2.45) is 0 Å². The molecule has 7 heteroatoms. The Morgan fingerprint density at radius 3 is 2.53 bits per heavy atom. The molecule has 0 radical (unpaired) electrons. The van der Waals surface area contributed by atoms with E-state index in [1.807, 2.05) is 6.07 Å². The number of benzene rings is 2. The molecule has 192 valence electrons. The van der Waals surface area contributed by atoms with E-state index >= 15 is 0 Å². The fourth-order valence-electron chi connectivity index (χ4n) is 5.79. The van der Waals surface area contributed by atoms with Crippen LogP contribution in [0, 0.1) is 10.1 Å². The number of piperidine rings is 1. The third-order valence-corrected chi connectivity index (χ3v) is 8.13. The van der Waals surface area contributed by atoms with Crippen LogP contribution in [-0.2, 0) is 6.42 Å². The molecule has 2 aromatic carbocycles. The first kappa shape index (κ1) is 24.9. The number of non-ortho nitro benzene ring substituents is 1. The summed E-state index contributed by atoms with van der Waals surface area (Å²) in [5.41, 5.74) is 6.01. The predicted octanol–water partition coefficient (Wildman–Crippen LogP) is 4.28. The molecule has 0 unspecified atom stereocenters. The van der Waals surface area contributed by atoms with Crippen LogP contribution in [0.1, 0.15) is 43.4 Å². The maximum atomic E-state index is 11.1. The molecule has 5 rings (SSSR count). The second-order valence-electron chi connectivity index (χ2n) is 10.7. The van der Waals surface area contributed by atoms with Gasteiger partial charge in [-0.25, -0.2) is 0 Å². The van der Waals surface area contributed by atoms with E-state index < -0.39 is 0 Å². The molecule has 1 N–H and O–H groups in total. The van der Waals surface area contributed by atoms with Crippen LogP contribution >= 0.6 is 0 Å². The van der Waals surface area contributed by atoms with Crippen LogP contribution in [0.25, 0.3) is 11.6 Å². The van der Waals surface area contributed by atoms with Crippen molar-refractivity contribution >= 4 is 23.0 Å². The van der Waals surface area contributed by atoms with E-state index in [2.05, 4.69) is 64.2 Å². The summed E-state index contributed by atoms with van der Waals surface area (Å²) in [5, 5.41) is 14.9. The molecule has 2 fully saturated rings. The Balaban J connectivity index is 1.10. The average molecular weight is 490 g/mol. The highest BCUT2D eigenvalue weighted by Crippen LogP contribution is 2.35. The van der Waals surface area contributed by atoms with Gasteiger partial charge in [0, 0.05) is 82.3 Å². The van der Waals surface area contributed by atoms with Gasteiger partial charge in [-0.3, -0.25) is 19.9 Å². The van der Waals surface area contributed by atoms with Gasteiger partial charge >= 0.3 is 0 Å². The maximum Gasteiger partial charge on any atom is 0.270 e. The molecule has 2 heterocycles. The fraction of sp³-hybridized carbons (Fsp3) is 0.517. The normalized spacial score (nSPS) is 19.5. The van der Waals surface area contributed by atoms with Crippen LogP contribution in [0.4, 0.5) is 11.4 Å². The van der Waals surface area contributed by atoms with E-state index in [1.165, 1.54) is 55.8 Å². The van der Waals surface area contributed by atoms with Gasteiger partial charge in [0.25, 0.3) is 5.69 Å². The highest BCUT2D eigenvalue weighted by atomic mass is 16.6. The molecular weight excluding hydrogens is 450 g/mol. The fourth-order valence-corrected chi connectivity index (χ4v) is 5.79. The number of rotatable bonds is 8. The van der Waals surface area contributed by atoms with Crippen molar-refractivity contribution < 1.29 is 4.92 Å². The number of nitrogens with one attached hydrogen (secondary N) is 1. The number of hydrogen-bond acceptors (Lipinski definition) is 6. The van der Waals surface area contributed by atoms with E-state index in [9.17, 15) is 10.1 Å². The molecule has 0 atom stereocenters. The Bertz CT molecular complexity index is 1100. The van der Waals surface area contributed by atoms with Crippen LogP contribution in [0.5, 0.6) is 0 Å².